The van der Waals surface area contributed by atoms with E-state index in [4.69, 9.17) is 0 Å². The van der Waals surface area contributed by atoms with Gasteiger partial charge < -0.3 is 10.1 Å². The summed E-state index contributed by atoms with van der Waals surface area (Å²) in [6.45, 7) is 4.51. The summed E-state index contributed by atoms with van der Waals surface area (Å²) in [6, 6.07) is 4.86. The van der Waals surface area contributed by atoms with Crippen LogP contribution in [-0.4, -0.2) is 73.0 Å². The van der Waals surface area contributed by atoms with E-state index in [2.05, 4.69) is 36.5 Å². The molecule has 5 rings (SSSR count). The lowest BCUT2D eigenvalue weighted by molar-refractivity contribution is 0.135. The fourth-order valence-electron chi connectivity index (χ4n) is 5.93. The van der Waals surface area contributed by atoms with Crippen LogP contribution in [0.15, 0.2) is 30.5 Å². The molecule has 0 amide bonds. The normalized spacial score (nSPS) is 28.9. The average molecular weight is 519 g/mol. The molecule has 9 nitrogen and oxygen atoms in total. The van der Waals surface area contributed by atoms with Gasteiger partial charge in [-0.1, -0.05) is 19.1 Å². The Hall–Kier alpha value is -2.31. The number of H-pyrrole nitrogens is 1. The number of aromatic nitrogens is 2. The second-order valence-corrected chi connectivity index (χ2v) is 12.0. The standard InChI is InChI=1S/C25H35FN6O3S/c1-3-15-12-17(33)4-5-18(15)19-6-7-20-23(22(19)26)30-31-24(20)25-27-13-21(29-25)16-8-10-32(14-16)11-9-28-36(2,34)35/h4-5,8,12-13,19-20,22-24,28,30-31,33H,3,6-7,9-11,14H2,1-2H3,(H,27,29). The highest BCUT2D eigenvalue weighted by Crippen LogP contribution is 2.45. The summed E-state index contributed by atoms with van der Waals surface area (Å²) in [5, 5.41) is 9.85. The summed E-state index contributed by atoms with van der Waals surface area (Å²) in [5.74, 6) is 0.898. The van der Waals surface area contributed by atoms with Gasteiger partial charge >= 0.3 is 0 Å². The third kappa shape index (κ3) is 5.21. The smallest absolute Gasteiger partial charge is 0.208 e. The van der Waals surface area contributed by atoms with Crippen molar-refractivity contribution < 1.29 is 17.9 Å². The number of nitrogens with zero attached hydrogens (tertiary/aromatic N) is 2. The zero-order valence-electron chi connectivity index (χ0n) is 20.7. The molecule has 1 aromatic heterocycles. The van der Waals surface area contributed by atoms with Crippen LogP contribution in [0.4, 0.5) is 4.39 Å². The Morgan fingerprint density at radius 3 is 2.89 bits per heavy atom. The number of aryl methyl sites for hydroxylation is 1. The van der Waals surface area contributed by atoms with E-state index < -0.39 is 16.2 Å². The number of halogens is 1. The number of hydrazine groups is 1. The number of fused-ring (bicyclic) bond motifs is 1. The van der Waals surface area contributed by atoms with Crippen molar-refractivity contribution in [3.63, 3.8) is 0 Å². The van der Waals surface area contributed by atoms with Crippen LogP contribution in [0.25, 0.3) is 5.57 Å². The zero-order valence-corrected chi connectivity index (χ0v) is 21.5. The summed E-state index contributed by atoms with van der Waals surface area (Å²) in [7, 11) is -3.19. The van der Waals surface area contributed by atoms with E-state index in [-0.39, 0.29) is 29.7 Å². The molecule has 1 saturated carbocycles. The molecule has 0 bridgehead atoms. The van der Waals surface area contributed by atoms with Crippen LogP contribution in [0, 0.1) is 5.92 Å². The Labute approximate surface area is 211 Å². The minimum Gasteiger partial charge on any atom is -0.508 e. The van der Waals surface area contributed by atoms with Crippen molar-refractivity contribution in [3.05, 3.63) is 53.1 Å². The number of sulfonamides is 1. The van der Waals surface area contributed by atoms with Gasteiger partial charge in [0.1, 0.15) is 17.7 Å². The molecule has 196 valence electrons. The van der Waals surface area contributed by atoms with E-state index >= 15 is 4.39 Å². The molecule has 2 aliphatic heterocycles. The van der Waals surface area contributed by atoms with Crippen LogP contribution in [-0.2, 0) is 16.4 Å². The first kappa shape index (κ1) is 25.3. The SMILES string of the molecule is CCc1cc(O)ccc1C1CCC2C(c3ncc(C4=CCN(CCNS(C)(=O)=O)C4)[nH]3)NNC2C1F. The summed E-state index contributed by atoms with van der Waals surface area (Å²) in [5.41, 5.74) is 10.6. The number of imidazole rings is 1. The average Bonchev–Trinajstić information content (AvgIpc) is 3.58. The number of phenols is 1. The number of hydrogen-bond acceptors (Lipinski definition) is 7. The lowest BCUT2D eigenvalue weighted by Crippen LogP contribution is -2.45. The number of hydrogen-bond donors (Lipinski definition) is 5. The van der Waals surface area contributed by atoms with Crippen molar-refractivity contribution >= 4 is 15.6 Å². The first-order valence-electron chi connectivity index (χ1n) is 12.6. The molecular formula is C25H35FN6O3S. The van der Waals surface area contributed by atoms with Crippen molar-refractivity contribution in [2.75, 3.05) is 32.4 Å². The highest BCUT2D eigenvalue weighted by atomic mass is 32.2. The van der Waals surface area contributed by atoms with E-state index in [1.807, 2.05) is 19.2 Å². The zero-order chi connectivity index (χ0) is 25.4. The lowest BCUT2D eigenvalue weighted by atomic mass is 9.71. The van der Waals surface area contributed by atoms with Gasteiger partial charge in [0.15, 0.2) is 0 Å². The van der Waals surface area contributed by atoms with Crippen LogP contribution in [0.1, 0.15) is 54.4 Å². The van der Waals surface area contributed by atoms with Gasteiger partial charge in [0, 0.05) is 38.0 Å². The number of alkyl halides is 1. The van der Waals surface area contributed by atoms with E-state index in [0.717, 1.165) is 66.8 Å². The van der Waals surface area contributed by atoms with E-state index in [1.165, 1.54) is 0 Å². The Morgan fingerprint density at radius 2 is 2.11 bits per heavy atom. The van der Waals surface area contributed by atoms with E-state index in [1.54, 1.807) is 12.1 Å². The van der Waals surface area contributed by atoms with Crippen molar-refractivity contribution in [1.82, 2.24) is 30.4 Å². The van der Waals surface area contributed by atoms with E-state index in [9.17, 15) is 13.5 Å². The lowest BCUT2D eigenvalue weighted by Gasteiger charge is -2.36. The molecule has 3 heterocycles. The molecule has 5 atom stereocenters. The molecule has 5 N–H and O–H groups in total. The van der Waals surface area contributed by atoms with Crippen molar-refractivity contribution in [2.45, 2.75) is 50.4 Å². The maximum Gasteiger partial charge on any atom is 0.208 e. The minimum absolute atomic E-state index is 0.0774. The summed E-state index contributed by atoms with van der Waals surface area (Å²) in [6.07, 6.45) is 6.45. The van der Waals surface area contributed by atoms with Crippen molar-refractivity contribution in [2.24, 2.45) is 5.92 Å². The van der Waals surface area contributed by atoms with Gasteiger partial charge in [-0.25, -0.2) is 27.9 Å². The molecule has 11 heteroatoms. The Bertz CT molecular complexity index is 1230. The number of aromatic amines is 1. The summed E-state index contributed by atoms with van der Waals surface area (Å²) >= 11 is 0. The molecule has 1 saturated heterocycles. The second kappa shape index (κ2) is 10.2. The van der Waals surface area contributed by atoms with Crippen LogP contribution >= 0.6 is 0 Å². The van der Waals surface area contributed by atoms with E-state index in [0.29, 0.717) is 13.1 Å². The predicted molar refractivity (Wildman–Crippen MR) is 136 cm³/mol. The van der Waals surface area contributed by atoms with Crippen LogP contribution in [0.5, 0.6) is 5.75 Å². The fraction of sp³-hybridized carbons (Fsp3) is 0.560. The van der Waals surface area contributed by atoms with Gasteiger partial charge in [-0.3, -0.25) is 10.3 Å². The molecule has 2 aromatic rings. The summed E-state index contributed by atoms with van der Waals surface area (Å²) < 4.78 is 40.9. The minimum atomic E-state index is -3.19. The monoisotopic (exact) mass is 518 g/mol. The molecule has 0 radical (unpaired) electrons. The maximum absolute atomic E-state index is 15.8. The van der Waals surface area contributed by atoms with Gasteiger partial charge in [-0.2, -0.15) is 0 Å². The number of aromatic hydroxyl groups is 1. The van der Waals surface area contributed by atoms with Crippen LogP contribution in [0.3, 0.4) is 0 Å². The number of benzene rings is 1. The van der Waals surface area contributed by atoms with Gasteiger partial charge in [0.2, 0.25) is 10.0 Å². The first-order valence-corrected chi connectivity index (χ1v) is 14.5. The fourth-order valence-corrected chi connectivity index (χ4v) is 6.39. The topological polar surface area (TPSA) is 122 Å². The molecule has 36 heavy (non-hydrogen) atoms. The highest BCUT2D eigenvalue weighted by molar-refractivity contribution is 7.88. The Kier molecular flexibility index (Phi) is 7.19. The predicted octanol–water partition coefficient (Wildman–Crippen LogP) is 1.98. The molecule has 2 fully saturated rings. The number of nitrogens with one attached hydrogen (secondary N) is 4. The Morgan fingerprint density at radius 1 is 1.28 bits per heavy atom. The maximum atomic E-state index is 15.8. The third-order valence-electron chi connectivity index (χ3n) is 7.76. The van der Waals surface area contributed by atoms with Crippen LogP contribution in [0.2, 0.25) is 0 Å². The molecule has 5 unspecified atom stereocenters. The van der Waals surface area contributed by atoms with Gasteiger partial charge in [-0.05, 0) is 48.1 Å². The van der Waals surface area contributed by atoms with Gasteiger partial charge in [0.05, 0.1) is 30.2 Å². The highest BCUT2D eigenvalue weighted by Gasteiger charge is 2.48. The summed E-state index contributed by atoms with van der Waals surface area (Å²) in [4.78, 5) is 10.2. The molecule has 0 spiro atoms. The van der Waals surface area contributed by atoms with Gasteiger partial charge in [0.25, 0.3) is 0 Å². The Balaban J connectivity index is 1.22. The largest absolute Gasteiger partial charge is 0.508 e. The van der Waals surface area contributed by atoms with Crippen molar-refractivity contribution in [3.8, 4) is 5.75 Å². The second-order valence-electron chi connectivity index (χ2n) is 10.1. The molecule has 1 aromatic carbocycles. The molecule has 3 aliphatic rings. The van der Waals surface area contributed by atoms with Crippen LogP contribution < -0.4 is 15.6 Å². The number of rotatable bonds is 8. The first-order chi connectivity index (χ1) is 17.2. The molecular weight excluding hydrogens is 483 g/mol. The third-order valence-corrected chi connectivity index (χ3v) is 8.49. The van der Waals surface area contributed by atoms with Gasteiger partial charge in [-0.15, -0.1) is 0 Å². The van der Waals surface area contributed by atoms with Crippen molar-refractivity contribution in [1.29, 1.82) is 0 Å². The molecule has 1 aliphatic carbocycles. The quantitative estimate of drug-likeness (QED) is 0.362. The number of phenolic OH excluding ortho intramolecular Hbond substituents is 1.